The summed E-state index contributed by atoms with van der Waals surface area (Å²) >= 11 is 19.3. The van der Waals surface area contributed by atoms with Crippen LogP contribution >= 0.6 is 33.2 Å². The van der Waals surface area contributed by atoms with Crippen molar-refractivity contribution in [2.75, 3.05) is 0 Å². The van der Waals surface area contributed by atoms with Crippen LogP contribution in [-0.2, 0) is 0 Å². The third-order valence-corrected chi connectivity index (χ3v) is 10.6. The van der Waals surface area contributed by atoms with Gasteiger partial charge in [0.1, 0.15) is 0 Å². The molecule has 0 aromatic heterocycles. The number of halogens is 3. The van der Waals surface area contributed by atoms with E-state index in [1.807, 2.05) is 0 Å². The molecule has 0 aromatic carbocycles. The topological polar surface area (TPSA) is 0 Å². The van der Waals surface area contributed by atoms with Gasteiger partial charge in [0.2, 0.25) is 0 Å². The predicted octanol–water partition coefficient (Wildman–Crippen LogP) is 5.39. The van der Waals surface area contributed by atoms with Gasteiger partial charge in [0.05, 0.1) is 0 Å². The van der Waals surface area contributed by atoms with E-state index in [1.54, 1.807) is 0 Å². The van der Waals surface area contributed by atoms with Crippen LogP contribution < -0.4 is 0 Å². The Labute approximate surface area is 113 Å². The van der Waals surface area contributed by atoms with Crippen LogP contribution in [0.2, 0.25) is 5.04 Å². The van der Waals surface area contributed by atoms with Gasteiger partial charge in [0.15, 0.2) is 0 Å². The van der Waals surface area contributed by atoms with Gasteiger partial charge in [-0.15, -0.1) is 33.2 Å². The van der Waals surface area contributed by atoms with Crippen molar-refractivity contribution in [1.29, 1.82) is 0 Å². The number of rotatable bonds is 1. The first-order valence-corrected chi connectivity index (χ1v) is 11.3. The van der Waals surface area contributed by atoms with Gasteiger partial charge in [-0.05, 0) is 55.3 Å². The van der Waals surface area contributed by atoms with Crippen molar-refractivity contribution < 1.29 is 0 Å². The molecular weight excluding hydrogens is 279 g/mol. The van der Waals surface area contributed by atoms with Crippen molar-refractivity contribution >= 4 is 39.2 Å². The minimum Gasteiger partial charge on any atom is -0.125 e. The normalized spacial score (nSPS) is 55.7. The van der Waals surface area contributed by atoms with E-state index < -0.39 is 6.00 Å². The molecule has 0 aromatic rings. The highest BCUT2D eigenvalue weighted by Crippen LogP contribution is 2.76. The zero-order valence-corrected chi connectivity index (χ0v) is 13.2. The molecule has 0 radical (unpaired) electrons. The summed E-state index contributed by atoms with van der Waals surface area (Å²) in [5.74, 6) is 0.828. The van der Waals surface area contributed by atoms with Crippen LogP contribution in [-0.4, -0.2) is 6.00 Å². The highest BCUT2D eigenvalue weighted by atomic mass is 35.8. The summed E-state index contributed by atoms with van der Waals surface area (Å²) in [6.07, 6.45) is 7.65. The Balaban J connectivity index is 2.05. The van der Waals surface area contributed by atoms with E-state index in [0.29, 0.717) is 10.8 Å². The van der Waals surface area contributed by atoms with E-state index in [1.165, 1.54) is 38.5 Å². The van der Waals surface area contributed by atoms with Crippen LogP contribution in [0.5, 0.6) is 0 Å². The molecule has 0 aliphatic heterocycles. The minimum absolute atomic E-state index is 0.0978. The van der Waals surface area contributed by atoms with Gasteiger partial charge >= 0.3 is 6.00 Å². The Morgan fingerprint density at radius 2 is 1.38 bits per heavy atom. The highest BCUT2D eigenvalue weighted by molar-refractivity contribution is 7.65. The van der Waals surface area contributed by atoms with Gasteiger partial charge < -0.3 is 0 Å². The van der Waals surface area contributed by atoms with Gasteiger partial charge in [-0.1, -0.05) is 13.8 Å². The Morgan fingerprint density at radius 1 is 0.875 bits per heavy atom. The standard InChI is InChI=1S/C12H19Cl3Si/c1-10-3-9-4-11(2,6-10)8-12(5-9,7-10)16(13,14)15/h9H,3-8H2,1-2H3. The summed E-state index contributed by atoms with van der Waals surface area (Å²) < 4.78 is 0. The minimum atomic E-state index is -2.59. The van der Waals surface area contributed by atoms with Crippen molar-refractivity contribution in [1.82, 2.24) is 0 Å². The van der Waals surface area contributed by atoms with Gasteiger partial charge in [0, 0.05) is 5.04 Å². The quantitative estimate of drug-likeness (QED) is 0.449. The average Bonchev–Trinajstić information content (AvgIpc) is 1.92. The van der Waals surface area contributed by atoms with Crippen LogP contribution in [0.3, 0.4) is 0 Å². The maximum atomic E-state index is 6.45. The van der Waals surface area contributed by atoms with Crippen molar-refractivity contribution in [3.63, 3.8) is 0 Å². The Bertz CT molecular complexity index is 318. The maximum Gasteiger partial charge on any atom is 0.347 e. The fraction of sp³-hybridized carbons (Fsp3) is 1.00. The van der Waals surface area contributed by atoms with Crippen LogP contribution in [0.15, 0.2) is 0 Å². The van der Waals surface area contributed by atoms with Crippen molar-refractivity contribution in [3.8, 4) is 0 Å². The molecule has 4 fully saturated rings. The highest BCUT2D eigenvalue weighted by Gasteiger charge is 2.66. The second-order valence-electron chi connectivity index (χ2n) is 7.41. The molecule has 0 saturated heterocycles. The summed E-state index contributed by atoms with van der Waals surface area (Å²) in [5, 5.41) is 0.0978. The number of hydrogen-bond donors (Lipinski definition) is 0. The lowest BCUT2D eigenvalue weighted by atomic mass is 9.45. The van der Waals surface area contributed by atoms with Gasteiger partial charge in [-0.3, -0.25) is 0 Å². The molecule has 0 amide bonds. The molecule has 16 heavy (non-hydrogen) atoms. The smallest absolute Gasteiger partial charge is 0.125 e. The average molecular weight is 298 g/mol. The molecule has 4 aliphatic carbocycles. The van der Waals surface area contributed by atoms with Gasteiger partial charge in [-0.25, -0.2) is 0 Å². The van der Waals surface area contributed by atoms with Crippen molar-refractivity contribution in [2.45, 2.75) is 57.4 Å². The molecule has 4 aliphatic rings. The number of hydrogen-bond acceptors (Lipinski definition) is 0. The first kappa shape index (κ1) is 12.1. The van der Waals surface area contributed by atoms with E-state index >= 15 is 0 Å². The molecule has 2 atom stereocenters. The molecule has 4 rings (SSSR count). The van der Waals surface area contributed by atoms with Crippen LogP contribution in [0.1, 0.15) is 52.4 Å². The first-order valence-electron chi connectivity index (χ1n) is 6.22. The summed E-state index contributed by atoms with van der Waals surface area (Å²) in [5.41, 5.74) is 0.927. The summed E-state index contributed by atoms with van der Waals surface area (Å²) in [6.45, 7) is 4.85. The molecule has 92 valence electrons. The molecule has 0 spiro atoms. The van der Waals surface area contributed by atoms with E-state index in [4.69, 9.17) is 33.2 Å². The van der Waals surface area contributed by atoms with E-state index in [2.05, 4.69) is 13.8 Å². The van der Waals surface area contributed by atoms with Crippen LogP contribution in [0.25, 0.3) is 0 Å². The lowest BCUT2D eigenvalue weighted by Crippen LogP contribution is -2.57. The molecule has 0 nitrogen and oxygen atoms in total. The lowest BCUT2D eigenvalue weighted by Gasteiger charge is -2.66. The maximum absolute atomic E-state index is 6.45. The largest absolute Gasteiger partial charge is 0.347 e. The zero-order valence-electron chi connectivity index (χ0n) is 9.95. The summed E-state index contributed by atoms with van der Waals surface area (Å²) in [4.78, 5) is 0. The lowest BCUT2D eigenvalue weighted by molar-refractivity contribution is -0.0852. The molecule has 4 heteroatoms. The molecule has 0 N–H and O–H groups in total. The third kappa shape index (κ3) is 1.61. The fourth-order valence-electron chi connectivity index (χ4n) is 5.76. The van der Waals surface area contributed by atoms with E-state index in [9.17, 15) is 0 Å². The fourth-order valence-corrected chi connectivity index (χ4v) is 9.44. The Kier molecular flexibility index (Phi) is 2.39. The van der Waals surface area contributed by atoms with Crippen molar-refractivity contribution in [2.24, 2.45) is 16.7 Å². The monoisotopic (exact) mass is 296 g/mol. The van der Waals surface area contributed by atoms with E-state index in [0.717, 1.165) is 5.92 Å². The predicted molar refractivity (Wildman–Crippen MR) is 73.4 cm³/mol. The summed E-state index contributed by atoms with van der Waals surface area (Å²) in [6, 6.07) is -2.59. The Hall–Kier alpha value is 1.09. The van der Waals surface area contributed by atoms with E-state index in [-0.39, 0.29) is 5.04 Å². The zero-order chi connectivity index (χ0) is 11.8. The SMILES string of the molecule is CC12CC3CC(C)(C1)CC([Si](Cl)(Cl)Cl)(C3)C2. The first-order chi connectivity index (χ1) is 7.16. The van der Waals surface area contributed by atoms with Gasteiger partial charge in [0.25, 0.3) is 0 Å². The molecular formula is C12H19Cl3Si. The van der Waals surface area contributed by atoms with Crippen LogP contribution in [0, 0.1) is 16.7 Å². The molecule has 0 heterocycles. The third-order valence-electron chi connectivity index (χ3n) is 5.23. The molecule has 4 saturated carbocycles. The Morgan fingerprint density at radius 3 is 1.75 bits per heavy atom. The molecule has 2 unspecified atom stereocenters. The van der Waals surface area contributed by atoms with Crippen molar-refractivity contribution in [3.05, 3.63) is 0 Å². The van der Waals surface area contributed by atoms with Gasteiger partial charge in [-0.2, -0.15) is 0 Å². The van der Waals surface area contributed by atoms with Crippen LogP contribution in [0.4, 0.5) is 0 Å². The second kappa shape index (κ2) is 3.15. The summed E-state index contributed by atoms with van der Waals surface area (Å²) in [7, 11) is 0. The second-order valence-corrected chi connectivity index (χ2v) is 16.3. The molecule has 4 bridgehead atoms.